The molecule has 2 N–H and O–H groups in total. The number of nitro benzene ring substituents is 1. The van der Waals surface area contributed by atoms with Crippen LogP contribution in [0.4, 0.5) is 10.1 Å². The van der Waals surface area contributed by atoms with Crippen LogP contribution in [0.15, 0.2) is 40.9 Å². The van der Waals surface area contributed by atoms with Crippen LogP contribution in [0.3, 0.4) is 0 Å². The number of hydrogen-bond donors (Lipinski definition) is 1. The average Bonchev–Trinajstić information content (AvgIpc) is 2.42. The van der Waals surface area contributed by atoms with Crippen LogP contribution >= 0.6 is 15.9 Å². The van der Waals surface area contributed by atoms with Gasteiger partial charge in [0.05, 0.1) is 4.92 Å². The van der Waals surface area contributed by atoms with Crippen molar-refractivity contribution in [3.8, 4) is 11.5 Å². The van der Waals surface area contributed by atoms with E-state index in [0.717, 1.165) is 18.2 Å². The van der Waals surface area contributed by atoms with Crippen molar-refractivity contribution in [2.24, 2.45) is 5.73 Å². The predicted molar refractivity (Wildman–Crippen MR) is 75.8 cm³/mol. The minimum absolute atomic E-state index is 0.0194. The number of halogens is 2. The first kappa shape index (κ1) is 14.9. The third kappa shape index (κ3) is 3.34. The minimum atomic E-state index is -0.774. The maximum atomic E-state index is 13.6. The first-order valence-electron chi connectivity index (χ1n) is 5.59. The second-order valence-electron chi connectivity index (χ2n) is 3.98. The lowest BCUT2D eigenvalue weighted by Crippen LogP contribution is -2.11. The largest absolute Gasteiger partial charge is 0.447 e. The molecule has 0 saturated heterocycles. The average molecular weight is 355 g/mol. The van der Waals surface area contributed by atoms with Crippen LogP contribution < -0.4 is 10.5 Å². The van der Waals surface area contributed by atoms with Crippen molar-refractivity contribution in [3.63, 3.8) is 0 Å². The van der Waals surface area contributed by atoms with Crippen LogP contribution in [0.25, 0.3) is 0 Å². The van der Waals surface area contributed by atoms with Crippen LogP contribution in [-0.2, 0) is 0 Å². The molecule has 8 heteroatoms. The van der Waals surface area contributed by atoms with E-state index in [2.05, 4.69) is 15.9 Å². The molecule has 1 amide bonds. The molecule has 0 bridgehead atoms. The van der Waals surface area contributed by atoms with Crippen LogP contribution in [0.1, 0.15) is 10.4 Å². The van der Waals surface area contributed by atoms with Gasteiger partial charge in [-0.15, -0.1) is 0 Å². The highest BCUT2D eigenvalue weighted by Gasteiger charge is 2.19. The number of carbonyl (C=O) groups excluding carboxylic acids is 1. The van der Waals surface area contributed by atoms with Gasteiger partial charge in [-0.25, -0.2) is 4.39 Å². The second-order valence-corrected chi connectivity index (χ2v) is 4.90. The number of rotatable bonds is 4. The van der Waals surface area contributed by atoms with Gasteiger partial charge in [0.1, 0.15) is 0 Å². The number of hydrogen-bond acceptors (Lipinski definition) is 4. The summed E-state index contributed by atoms with van der Waals surface area (Å²) in [6, 6.07) is 7.28. The summed E-state index contributed by atoms with van der Waals surface area (Å²) < 4.78 is 19.4. The summed E-state index contributed by atoms with van der Waals surface area (Å²) in [6.07, 6.45) is 0. The molecule has 0 spiro atoms. The molecular weight excluding hydrogens is 347 g/mol. The summed E-state index contributed by atoms with van der Waals surface area (Å²) >= 11 is 3.14. The van der Waals surface area contributed by atoms with E-state index in [4.69, 9.17) is 10.5 Å². The molecule has 6 nitrogen and oxygen atoms in total. The van der Waals surface area contributed by atoms with Gasteiger partial charge in [0.15, 0.2) is 11.6 Å². The van der Waals surface area contributed by atoms with Gasteiger partial charge in [0.25, 0.3) is 0 Å². The Bertz CT molecular complexity index is 736. The molecule has 0 aliphatic rings. The molecule has 2 aromatic carbocycles. The van der Waals surface area contributed by atoms with Crippen molar-refractivity contribution in [1.82, 2.24) is 0 Å². The summed E-state index contributed by atoms with van der Waals surface area (Å²) in [6.45, 7) is 0. The van der Waals surface area contributed by atoms with Crippen LogP contribution in [0, 0.1) is 15.9 Å². The lowest BCUT2D eigenvalue weighted by Gasteiger charge is -2.08. The van der Waals surface area contributed by atoms with Crippen LogP contribution in [0.2, 0.25) is 0 Å². The lowest BCUT2D eigenvalue weighted by molar-refractivity contribution is -0.385. The van der Waals surface area contributed by atoms with Gasteiger partial charge in [0.2, 0.25) is 11.7 Å². The van der Waals surface area contributed by atoms with E-state index in [1.165, 1.54) is 18.2 Å². The van der Waals surface area contributed by atoms with E-state index >= 15 is 0 Å². The summed E-state index contributed by atoms with van der Waals surface area (Å²) in [5.74, 6) is -1.95. The zero-order valence-electron chi connectivity index (χ0n) is 10.4. The molecular formula is C13H8BrFN2O4. The molecule has 0 heterocycles. The van der Waals surface area contributed by atoms with E-state index in [0.29, 0.717) is 4.47 Å². The molecule has 21 heavy (non-hydrogen) atoms. The van der Waals surface area contributed by atoms with Gasteiger partial charge in [-0.05, 0) is 24.3 Å². The number of amides is 1. The molecule has 2 rings (SSSR count). The Morgan fingerprint density at radius 3 is 2.57 bits per heavy atom. The monoisotopic (exact) mass is 354 g/mol. The van der Waals surface area contributed by atoms with Crippen molar-refractivity contribution in [2.45, 2.75) is 0 Å². The molecule has 0 aliphatic carbocycles. The van der Waals surface area contributed by atoms with Gasteiger partial charge < -0.3 is 10.5 Å². The SMILES string of the molecule is NC(=O)c1ccc([N+](=O)[O-])c(Oc2cc(Br)ccc2F)c1. The predicted octanol–water partition coefficient (Wildman–Crippen LogP) is 3.39. The zero-order valence-corrected chi connectivity index (χ0v) is 12.0. The molecule has 0 radical (unpaired) electrons. The van der Waals surface area contributed by atoms with Gasteiger partial charge in [-0.3, -0.25) is 14.9 Å². The molecule has 2 aromatic rings. The van der Waals surface area contributed by atoms with E-state index < -0.39 is 22.3 Å². The molecule has 0 aliphatic heterocycles. The Hall–Kier alpha value is -2.48. The topological polar surface area (TPSA) is 95.5 Å². The Kier molecular flexibility index (Phi) is 4.18. The maximum absolute atomic E-state index is 13.6. The van der Waals surface area contributed by atoms with Crippen molar-refractivity contribution < 1.29 is 18.8 Å². The molecule has 0 aromatic heterocycles. The summed E-state index contributed by atoms with van der Waals surface area (Å²) in [4.78, 5) is 21.4. The highest BCUT2D eigenvalue weighted by Crippen LogP contribution is 2.34. The standard InChI is InChI=1S/C13H8BrFN2O4/c14-8-2-3-9(15)11(6-8)21-12-5-7(13(16)18)1-4-10(12)17(19)20/h1-6H,(H2,16,18). The molecule has 108 valence electrons. The van der Waals surface area contributed by atoms with E-state index in [-0.39, 0.29) is 17.1 Å². The zero-order chi connectivity index (χ0) is 15.6. The number of nitrogens with two attached hydrogens (primary N) is 1. The third-order valence-corrected chi connectivity index (χ3v) is 3.05. The summed E-state index contributed by atoms with van der Waals surface area (Å²) in [5.41, 5.74) is 4.73. The van der Waals surface area contributed by atoms with Crippen molar-refractivity contribution in [2.75, 3.05) is 0 Å². The normalized spacial score (nSPS) is 10.2. The van der Waals surface area contributed by atoms with E-state index in [1.807, 2.05) is 0 Å². The van der Waals surface area contributed by atoms with Crippen molar-refractivity contribution in [3.05, 3.63) is 62.4 Å². The number of carbonyl (C=O) groups is 1. The Morgan fingerprint density at radius 1 is 1.24 bits per heavy atom. The van der Waals surface area contributed by atoms with E-state index in [9.17, 15) is 19.3 Å². The smallest absolute Gasteiger partial charge is 0.311 e. The van der Waals surface area contributed by atoms with Crippen LogP contribution in [-0.4, -0.2) is 10.8 Å². The Labute approximate surface area is 126 Å². The molecule has 0 unspecified atom stereocenters. The fourth-order valence-corrected chi connectivity index (χ4v) is 1.91. The summed E-state index contributed by atoms with van der Waals surface area (Å²) in [7, 11) is 0. The second kappa shape index (κ2) is 5.88. The van der Waals surface area contributed by atoms with Crippen molar-refractivity contribution >= 4 is 27.5 Å². The number of ether oxygens (including phenoxy) is 1. The maximum Gasteiger partial charge on any atom is 0.311 e. The highest BCUT2D eigenvalue weighted by atomic mass is 79.9. The number of primary amides is 1. The third-order valence-electron chi connectivity index (χ3n) is 2.55. The first-order chi connectivity index (χ1) is 9.88. The quantitative estimate of drug-likeness (QED) is 0.672. The van der Waals surface area contributed by atoms with Crippen molar-refractivity contribution in [1.29, 1.82) is 0 Å². The molecule has 0 fully saturated rings. The lowest BCUT2D eigenvalue weighted by atomic mass is 10.2. The number of benzene rings is 2. The van der Waals surface area contributed by atoms with Gasteiger partial charge in [0, 0.05) is 22.2 Å². The summed E-state index contributed by atoms with van der Waals surface area (Å²) in [5, 5.41) is 11.0. The van der Waals surface area contributed by atoms with Gasteiger partial charge in [-0.1, -0.05) is 15.9 Å². The fraction of sp³-hybridized carbons (Fsp3) is 0. The first-order valence-corrected chi connectivity index (χ1v) is 6.39. The molecule has 0 saturated carbocycles. The minimum Gasteiger partial charge on any atom is -0.447 e. The number of nitrogens with zero attached hydrogens (tertiary/aromatic N) is 1. The fourth-order valence-electron chi connectivity index (χ4n) is 1.57. The highest BCUT2D eigenvalue weighted by molar-refractivity contribution is 9.10. The Morgan fingerprint density at radius 2 is 1.95 bits per heavy atom. The molecule has 0 atom stereocenters. The van der Waals surface area contributed by atoms with Gasteiger partial charge in [-0.2, -0.15) is 0 Å². The number of nitro groups is 1. The van der Waals surface area contributed by atoms with Gasteiger partial charge >= 0.3 is 5.69 Å². The van der Waals surface area contributed by atoms with E-state index in [1.54, 1.807) is 0 Å². The Balaban J connectivity index is 2.50. The van der Waals surface area contributed by atoms with Crippen LogP contribution in [0.5, 0.6) is 11.5 Å².